The summed E-state index contributed by atoms with van der Waals surface area (Å²) < 4.78 is 75.4. The third-order valence-corrected chi connectivity index (χ3v) is 6.33. The van der Waals surface area contributed by atoms with E-state index in [1.807, 2.05) is 0 Å². The van der Waals surface area contributed by atoms with Crippen LogP contribution in [0.3, 0.4) is 0 Å². The molecule has 0 heterocycles. The molecule has 0 radical (unpaired) electrons. The molecule has 1 saturated carbocycles. The number of fused-ring (bicyclic) bond motifs is 1. The quantitative estimate of drug-likeness (QED) is 0.505. The van der Waals surface area contributed by atoms with E-state index in [0.29, 0.717) is 16.9 Å². The van der Waals surface area contributed by atoms with E-state index in [2.05, 4.69) is 6.92 Å². The van der Waals surface area contributed by atoms with Gasteiger partial charge in [0.1, 0.15) is 11.3 Å². The van der Waals surface area contributed by atoms with Crippen molar-refractivity contribution < 1.29 is 30.5 Å². The van der Waals surface area contributed by atoms with Crippen LogP contribution in [0.1, 0.15) is 56.8 Å². The molecule has 0 aromatic heterocycles. The maximum Gasteiger partial charge on any atom is 0.420 e. The first-order valence-electron chi connectivity index (χ1n) is 10.1. The van der Waals surface area contributed by atoms with Crippen molar-refractivity contribution in [2.75, 3.05) is 12.9 Å². The van der Waals surface area contributed by atoms with Gasteiger partial charge in [-0.25, -0.2) is 0 Å². The van der Waals surface area contributed by atoms with Gasteiger partial charge in [0, 0.05) is 0 Å². The maximum atomic E-state index is 14.0. The molecule has 0 bridgehead atoms. The number of ether oxygens (including phenoxy) is 1. The number of halogens is 3. The summed E-state index contributed by atoms with van der Waals surface area (Å²) in [6, 6.07) is 7.40. The zero-order chi connectivity index (χ0) is 22.1. The van der Waals surface area contributed by atoms with Gasteiger partial charge in [-0.05, 0) is 60.1 Å². The highest BCUT2D eigenvalue weighted by Crippen LogP contribution is 2.42. The Labute approximate surface area is 175 Å². The lowest BCUT2D eigenvalue weighted by Gasteiger charge is -2.26. The van der Waals surface area contributed by atoms with Gasteiger partial charge in [0.25, 0.3) is 10.1 Å². The first-order valence-corrected chi connectivity index (χ1v) is 11.9. The van der Waals surface area contributed by atoms with Gasteiger partial charge in [0.05, 0.1) is 19.0 Å². The summed E-state index contributed by atoms with van der Waals surface area (Å²) in [5.74, 6) is 0.720. The lowest BCUT2D eigenvalue weighted by atomic mass is 9.83. The van der Waals surface area contributed by atoms with E-state index in [4.69, 9.17) is 8.92 Å². The van der Waals surface area contributed by atoms with Crippen LogP contribution in [0.4, 0.5) is 13.2 Å². The maximum absolute atomic E-state index is 14.0. The fourth-order valence-corrected chi connectivity index (χ4v) is 4.64. The van der Waals surface area contributed by atoms with Gasteiger partial charge >= 0.3 is 6.18 Å². The largest absolute Gasteiger partial charge is 0.493 e. The highest BCUT2D eigenvalue weighted by molar-refractivity contribution is 7.86. The average molecular weight is 445 g/mol. The first-order chi connectivity index (χ1) is 13.9. The molecule has 2 aromatic carbocycles. The average Bonchev–Trinajstić information content (AvgIpc) is 2.64. The molecular weight excluding hydrogens is 417 g/mol. The molecule has 0 amide bonds. The molecule has 0 spiro atoms. The summed E-state index contributed by atoms with van der Waals surface area (Å²) in [5, 5.41) is 0.371. The van der Waals surface area contributed by atoms with E-state index in [9.17, 15) is 21.6 Å². The number of alkyl halides is 3. The molecule has 0 saturated heterocycles. The second-order valence-electron chi connectivity index (χ2n) is 8.30. The Balaban J connectivity index is 1.95. The SMILES string of the molecule is CC1CCC(COc2ccc3ccc(C(C)OS(C)(=O)=O)cc3c2C(F)(F)F)CC1. The zero-order valence-electron chi connectivity index (χ0n) is 17.3. The van der Waals surface area contributed by atoms with Crippen molar-refractivity contribution >= 4 is 20.9 Å². The molecule has 2 aromatic rings. The summed E-state index contributed by atoms with van der Waals surface area (Å²) in [7, 11) is -3.74. The molecule has 1 fully saturated rings. The predicted octanol–water partition coefficient (Wildman–Crippen LogP) is 6.10. The van der Waals surface area contributed by atoms with E-state index in [1.54, 1.807) is 12.1 Å². The molecule has 1 atom stereocenters. The Morgan fingerprint density at radius 2 is 1.73 bits per heavy atom. The van der Waals surface area contributed by atoms with Gasteiger partial charge in [0.15, 0.2) is 0 Å². The number of hydrogen-bond donors (Lipinski definition) is 0. The van der Waals surface area contributed by atoms with Crippen LogP contribution in [0.2, 0.25) is 0 Å². The van der Waals surface area contributed by atoms with Crippen LogP contribution in [-0.4, -0.2) is 21.3 Å². The second kappa shape index (κ2) is 8.75. The van der Waals surface area contributed by atoms with Crippen molar-refractivity contribution in [2.24, 2.45) is 11.8 Å². The lowest BCUT2D eigenvalue weighted by Crippen LogP contribution is -2.20. The van der Waals surface area contributed by atoms with Crippen molar-refractivity contribution in [2.45, 2.75) is 51.8 Å². The molecule has 30 heavy (non-hydrogen) atoms. The highest BCUT2D eigenvalue weighted by atomic mass is 32.2. The number of benzene rings is 2. The summed E-state index contributed by atoms with van der Waals surface area (Å²) >= 11 is 0. The van der Waals surface area contributed by atoms with E-state index >= 15 is 0 Å². The minimum absolute atomic E-state index is 0.0290. The van der Waals surface area contributed by atoms with Crippen LogP contribution in [0.5, 0.6) is 5.75 Å². The zero-order valence-corrected chi connectivity index (χ0v) is 18.1. The molecule has 1 aliphatic rings. The third kappa shape index (κ3) is 5.66. The van der Waals surface area contributed by atoms with Crippen LogP contribution in [0, 0.1) is 11.8 Å². The Kier molecular flexibility index (Phi) is 6.67. The van der Waals surface area contributed by atoms with Gasteiger partial charge < -0.3 is 4.74 Å². The van der Waals surface area contributed by atoms with Gasteiger partial charge in [-0.3, -0.25) is 4.18 Å². The minimum Gasteiger partial charge on any atom is -0.493 e. The van der Waals surface area contributed by atoms with E-state index in [0.717, 1.165) is 31.9 Å². The van der Waals surface area contributed by atoms with Crippen LogP contribution in [-0.2, 0) is 20.5 Å². The summed E-state index contributed by atoms with van der Waals surface area (Å²) in [5.41, 5.74) is -0.491. The van der Waals surface area contributed by atoms with E-state index in [-0.39, 0.29) is 23.7 Å². The fourth-order valence-electron chi connectivity index (χ4n) is 4.00. The van der Waals surface area contributed by atoms with Gasteiger partial charge in [-0.2, -0.15) is 21.6 Å². The van der Waals surface area contributed by atoms with Crippen LogP contribution in [0.15, 0.2) is 30.3 Å². The van der Waals surface area contributed by atoms with Crippen LogP contribution < -0.4 is 4.74 Å². The van der Waals surface area contributed by atoms with E-state index in [1.165, 1.54) is 25.1 Å². The molecule has 1 unspecified atom stereocenters. The minimum atomic E-state index is -4.62. The molecule has 0 aliphatic heterocycles. The van der Waals surface area contributed by atoms with Crippen LogP contribution in [0.25, 0.3) is 10.8 Å². The topological polar surface area (TPSA) is 52.6 Å². The lowest BCUT2D eigenvalue weighted by molar-refractivity contribution is -0.137. The summed E-state index contributed by atoms with van der Waals surface area (Å²) in [6.07, 6.45) is -0.557. The van der Waals surface area contributed by atoms with Gasteiger partial charge in [-0.1, -0.05) is 38.0 Å². The Hall–Kier alpha value is -1.80. The Bertz CT molecular complexity index is 993. The fraction of sp³-hybridized carbons (Fsp3) is 0.545. The highest BCUT2D eigenvalue weighted by Gasteiger charge is 2.37. The van der Waals surface area contributed by atoms with Crippen molar-refractivity contribution in [3.8, 4) is 5.75 Å². The van der Waals surface area contributed by atoms with Gasteiger partial charge in [-0.15, -0.1) is 0 Å². The van der Waals surface area contributed by atoms with Crippen molar-refractivity contribution in [3.63, 3.8) is 0 Å². The Morgan fingerprint density at radius 3 is 2.33 bits per heavy atom. The number of hydrogen-bond acceptors (Lipinski definition) is 4. The molecule has 0 N–H and O–H groups in total. The predicted molar refractivity (Wildman–Crippen MR) is 110 cm³/mol. The molecule has 3 rings (SSSR count). The molecule has 166 valence electrons. The second-order valence-corrected chi connectivity index (χ2v) is 9.90. The normalized spacial score (nSPS) is 21.5. The summed E-state index contributed by atoms with van der Waals surface area (Å²) in [6.45, 7) is 3.93. The summed E-state index contributed by atoms with van der Waals surface area (Å²) in [4.78, 5) is 0. The number of rotatable bonds is 6. The van der Waals surface area contributed by atoms with Gasteiger partial charge in [0.2, 0.25) is 0 Å². The first kappa shape index (κ1) is 22.9. The monoisotopic (exact) mass is 444 g/mol. The third-order valence-electron chi connectivity index (χ3n) is 5.69. The molecule has 4 nitrogen and oxygen atoms in total. The molecule has 1 aliphatic carbocycles. The van der Waals surface area contributed by atoms with Crippen molar-refractivity contribution in [1.29, 1.82) is 0 Å². The Morgan fingerprint density at radius 1 is 1.10 bits per heavy atom. The van der Waals surface area contributed by atoms with Crippen LogP contribution >= 0.6 is 0 Å². The molecule has 8 heteroatoms. The smallest absolute Gasteiger partial charge is 0.420 e. The van der Waals surface area contributed by atoms with Crippen molar-refractivity contribution in [1.82, 2.24) is 0 Å². The van der Waals surface area contributed by atoms with Crippen molar-refractivity contribution in [3.05, 3.63) is 41.5 Å². The molecular formula is C22H27F3O4S. The standard InChI is InChI=1S/C22H27F3O4S/c1-14-4-6-16(7-5-14)13-28-20-11-10-17-8-9-18(15(2)29-30(3,26)27)12-19(17)21(20)22(23,24)25/h8-12,14-16H,4-7,13H2,1-3H3. The van der Waals surface area contributed by atoms with E-state index < -0.39 is 28.0 Å².